The summed E-state index contributed by atoms with van der Waals surface area (Å²) >= 11 is 0. The summed E-state index contributed by atoms with van der Waals surface area (Å²) in [6.07, 6.45) is 1.95. The van der Waals surface area contributed by atoms with Crippen LogP contribution in [0, 0.1) is 6.92 Å². The van der Waals surface area contributed by atoms with Gasteiger partial charge in [0.25, 0.3) is 0 Å². The van der Waals surface area contributed by atoms with E-state index in [0.717, 1.165) is 28.0 Å². The summed E-state index contributed by atoms with van der Waals surface area (Å²) in [6.45, 7) is 4.49. The molecular weight excluding hydrogens is 304 g/mol. The van der Waals surface area contributed by atoms with Gasteiger partial charge in [0.05, 0.1) is 30.6 Å². The van der Waals surface area contributed by atoms with Gasteiger partial charge < -0.3 is 10.1 Å². The summed E-state index contributed by atoms with van der Waals surface area (Å²) in [5.41, 5.74) is 3.30. The number of nitrogens with zero attached hydrogens (tertiary/aromatic N) is 3. The number of aromatic nitrogens is 3. The van der Waals surface area contributed by atoms with Crippen molar-refractivity contribution in [1.29, 1.82) is 0 Å². The number of pyridine rings is 1. The van der Waals surface area contributed by atoms with Gasteiger partial charge >= 0.3 is 0 Å². The maximum absolute atomic E-state index is 12.2. The van der Waals surface area contributed by atoms with E-state index in [9.17, 15) is 4.79 Å². The van der Waals surface area contributed by atoms with Crippen LogP contribution in [0.4, 0.5) is 5.69 Å². The molecular formula is C18H20N4O2. The van der Waals surface area contributed by atoms with Gasteiger partial charge in [-0.05, 0) is 37.6 Å². The monoisotopic (exact) mass is 324 g/mol. The average Bonchev–Trinajstić information content (AvgIpc) is 2.84. The molecule has 1 amide bonds. The highest BCUT2D eigenvalue weighted by molar-refractivity contribution is 5.94. The molecule has 0 fully saturated rings. The maximum atomic E-state index is 12.2. The number of aryl methyl sites for hydroxylation is 2. The average molecular weight is 324 g/mol. The summed E-state index contributed by atoms with van der Waals surface area (Å²) in [5, 5.41) is 8.16. The molecule has 0 aliphatic heterocycles. The first kappa shape index (κ1) is 16.0. The molecule has 3 aromatic rings. The van der Waals surface area contributed by atoms with Crippen molar-refractivity contribution in [1.82, 2.24) is 14.8 Å². The van der Waals surface area contributed by atoms with Crippen molar-refractivity contribution in [3.63, 3.8) is 0 Å². The third-order valence-corrected chi connectivity index (χ3v) is 3.75. The second kappa shape index (κ2) is 6.70. The van der Waals surface area contributed by atoms with Gasteiger partial charge in [-0.1, -0.05) is 12.1 Å². The molecule has 0 bridgehead atoms. The topological polar surface area (TPSA) is 69.0 Å². The number of hydrogen-bond acceptors (Lipinski definition) is 4. The van der Waals surface area contributed by atoms with Gasteiger partial charge in [0.1, 0.15) is 5.75 Å². The molecule has 3 rings (SSSR count). The summed E-state index contributed by atoms with van der Waals surface area (Å²) in [7, 11) is 1.85. The molecule has 0 saturated carbocycles. The minimum atomic E-state index is -0.0816. The second-order valence-corrected chi connectivity index (χ2v) is 5.61. The first-order valence-corrected chi connectivity index (χ1v) is 7.87. The third-order valence-electron chi connectivity index (χ3n) is 3.75. The van der Waals surface area contributed by atoms with E-state index in [2.05, 4.69) is 15.4 Å². The van der Waals surface area contributed by atoms with Gasteiger partial charge in [-0.2, -0.15) is 5.10 Å². The van der Waals surface area contributed by atoms with Crippen LogP contribution in [0.2, 0.25) is 0 Å². The Morgan fingerprint density at radius 2 is 2.04 bits per heavy atom. The van der Waals surface area contributed by atoms with Crippen LogP contribution in [0.1, 0.15) is 18.2 Å². The fourth-order valence-electron chi connectivity index (χ4n) is 2.64. The SMILES string of the molecule is CCOc1ccc(CC(=O)Nc2cnc3c(c2)c(C)nn3C)cc1. The molecule has 0 unspecified atom stereocenters. The molecule has 6 heteroatoms. The van der Waals surface area contributed by atoms with Crippen molar-refractivity contribution >= 4 is 22.6 Å². The number of benzene rings is 1. The Morgan fingerprint density at radius 3 is 2.75 bits per heavy atom. The number of hydrogen-bond donors (Lipinski definition) is 1. The number of fused-ring (bicyclic) bond motifs is 1. The Hall–Kier alpha value is -2.89. The van der Waals surface area contributed by atoms with Crippen molar-refractivity contribution in [2.45, 2.75) is 20.3 Å². The van der Waals surface area contributed by atoms with Gasteiger partial charge in [0.15, 0.2) is 5.65 Å². The van der Waals surface area contributed by atoms with Crippen LogP contribution in [0.3, 0.4) is 0 Å². The predicted octanol–water partition coefficient (Wildman–Crippen LogP) is 2.86. The largest absolute Gasteiger partial charge is 0.494 e. The number of carbonyl (C=O) groups excluding carboxylic acids is 1. The third kappa shape index (κ3) is 3.37. The minimum absolute atomic E-state index is 0.0816. The first-order chi connectivity index (χ1) is 11.6. The standard InChI is InChI=1S/C18H20N4O2/c1-4-24-15-7-5-13(6-8-15)9-17(23)20-14-10-16-12(2)21-22(3)18(16)19-11-14/h5-8,10-11H,4,9H2,1-3H3,(H,20,23). The zero-order valence-electron chi connectivity index (χ0n) is 14.0. The lowest BCUT2D eigenvalue weighted by Gasteiger charge is -2.07. The lowest BCUT2D eigenvalue weighted by molar-refractivity contribution is -0.115. The van der Waals surface area contributed by atoms with Crippen LogP contribution in [-0.2, 0) is 18.3 Å². The molecule has 2 heterocycles. The molecule has 0 saturated heterocycles. The molecule has 1 N–H and O–H groups in total. The summed E-state index contributed by atoms with van der Waals surface area (Å²) in [5.74, 6) is 0.727. The molecule has 124 valence electrons. The highest BCUT2D eigenvalue weighted by atomic mass is 16.5. The van der Waals surface area contributed by atoms with E-state index in [1.54, 1.807) is 10.9 Å². The van der Waals surface area contributed by atoms with Crippen molar-refractivity contribution in [2.75, 3.05) is 11.9 Å². The Kier molecular flexibility index (Phi) is 4.46. The van der Waals surface area contributed by atoms with Gasteiger partial charge in [-0.3, -0.25) is 9.48 Å². The van der Waals surface area contributed by atoms with Crippen LogP contribution in [0.25, 0.3) is 11.0 Å². The smallest absolute Gasteiger partial charge is 0.228 e. The van der Waals surface area contributed by atoms with Crippen molar-refractivity contribution in [3.8, 4) is 5.75 Å². The van der Waals surface area contributed by atoms with Crippen LogP contribution in [-0.4, -0.2) is 27.3 Å². The Labute approximate surface area is 140 Å². The van der Waals surface area contributed by atoms with Gasteiger partial charge in [0, 0.05) is 12.4 Å². The van der Waals surface area contributed by atoms with Crippen LogP contribution >= 0.6 is 0 Å². The van der Waals surface area contributed by atoms with Gasteiger partial charge in [-0.25, -0.2) is 4.98 Å². The summed E-state index contributed by atoms with van der Waals surface area (Å²) in [6, 6.07) is 9.45. The van der Waals surface area contributed by atoms with Gasteiger partial charge in [-0.15, -0.1) is 0 Å². The fourth-order valence-corrected chi connectivity index (χ4v) is 2.64. The van der Waals surface area contributed by atoms with Crippen molar-refractivity contribution in [3.05, 3.63) is 47.8 Å². The Bertz CT molecular complexity index is 869. The quantitative estimate of drug-likeness (QED) is 0.783. The molecule has 0 aliphatic carbocycles. The van der Waals surface area contributed by atoms with E-state index in [0.29, 0.717) is 18.7 Å². The van der Waals surface area contributed by atoms with Gasteiger partial charge in [0.2, 0.25) is 5.91 Å². The lowest BCUT2D eigenvalue weighted by Crippen LogP contribution is -2.14. The molecule has 0 atom stereocenters. The van der Waals surface area contributed by atoms with Crippen LogP contribution in [0.5, 0.6) is 5.75 Å². The lowest BCUT2D eigenvalue weighted by atomic mass is 10.1. The predicted molar refractivity (Wildman–Crippen MR) is 93.2 cm³/mol. The van der Waals surface area contributed by atoms with E-state index in [1.165, 1.54) is 0 Å². The molecule has 1 aromatic carbocycles. The number of ether oxygens (including phenoxy) is 1. The van der Waals surface area contributed by atoms with E-state index >= 15 is 0 Å². The Balaban J connectivity index is 1.69. The zero-order chi connectivity index (χ0) is 17.1. The molecule has 0 spiro atoms. The van der Waals surface area contributed by atoms with E-state index < -0.39 is 0 Å². The molecule has 24 heavy (non-hydrogen) atoms. The molecule has 6 nitrogen and oxygen atoms in total. The fraction of sp³-hybridized carbons (Fsp3) is 0.278. The number of carbonyl (C=O) groups is 1. The summed E-state index contributed by atoms with van der Waals surface area (Å²) in [4.78, 5) is 16.6. The van der Waals surface area contributed by atoms with E-state index in [-0.39, 0.29) is 5.91 Å². The molecule has 2 aromatic heterocycles. The normalized spacial score (nSPS) is 10.8. The zero-order valence-corrected chi connectivity index (χ0v) is 14.0. The summed E-state index contributed by atoms with van der Waals surface area (Å²) < 4.78 is 7.13. The highest BCUT2D eigenvalue weighted by Crippen LogP contribution is 2.19. The van der Waals surface area contributed by atoms with Crippen molar-refractivity contribution < 1.29 is 9.53 Å². The first-order valence-electron chi connectivity index (χ1n) is 7.87. The maximum Gasteiger partial charge on any atom is 0.228 e. The molecule has 0 radical (unpaired) electrons. The molecule has 0 aliphatic rings. The van der Waals surface area contributed by atoms with Crippen LogP contribution in [0.15, 0.2) is 36.5 Å². The minimum Gasteiger partial charge on any atom is -0.494 e. The van der Waals surface area contributed by atoms with Crippen molar-refractivity contribution in [2.24, 2.45) is 7.05 Å². The van der Waals surface area contributed by atoms with E-state index in [1.807, 2.05) is 51.2 Å². The van der Waals surface area contributed by atoms with E-state index in [4.69, 9.17) is 4.74 Å². The number of amides is 1. The number of nitrogens with one attached hydrogen (secondary N) is 1. The number of anilines is 1. The second-order valence-electron chi connectivity index (χ2n) is 5.61. The Morgan fingerprint density at radius 1 is 1.29 bits per heavy atom. The highest BCUT2D eigenvalue weighted by Gasteiger charge is 2.09. The number of rotatable bonds is 5. The van der Waals surface area contributed by atoms with Crippen LogP contribution < -0.4 is 10.1 Å².